The predicted octanol–water partition coefficient (Wildman–Crippen LogP) is 3.70. The van der Waals surface area contributed by atoms with Gasteiger partial charge in [-0.3, -0.25) is 0 Å². The maximum Gasteiger partial charge on any atom is 0.414 e. The van der Waals surface area contributed by atoms with Gasteiger partial charge in [-0.05, 0) is 43.2 Å². The molecule has 0 unspecified atom stereocenters. The summed E-state index contributed by atoms with van der Waals surface area (Å²) in [6.07, 6.45) is 6.83. The van der Waals surface area contributed by atoms with Crippen molar-refractivity contribution in [2.75, 3.05) is 13.7 Å². The van der Waals surface area contributed by atoms with Crippen LogP contribution in [0.2, 0.25) is 0 Å². The minimum atomic E-state index is -1.82. The topological polar surface area (TPSA) is 111 Å². The van der Waals surface area contributed by atoms with Crippen LogP contribution in [0.1, 0.15) is 18.9 Å². The molecule has 8 heteroatoms. The number of carboxylic acid groups (broad SMARTS) is 2. The Bertz CT molecular complexity index is 1010. The van der Waals surface area contributed by atoms with Crippen LogP contribution in [0.5, 0.6) is 11.5 Å². The van der Waals surface area contributed by atoms with Gasteiger partial charge in [0.05, 0.1) is 31.1 Å². The first-order valence-corrected chi connectivity index (χ1v) is 9.26. The van der Waals surface area contributed by atoms with Gasteiger partial charge in [0, 0.05) is 6.54 Å². The number of carboxylic acids is 2. The maximum atomic E-state index is 9.10. The van der Waals surface area contributed by atoms with Crippen LogP contribution in [0.3, 0.4) is 0 Å². The Morgan fingerprint density at radius 2 is 1.83 bits per heavy atom. The first-order valence-electron chi connectivity index (χ1n) is 9.26. The van der Waals surface area contributed by atoms with Gasteiger partial charge < -0.3 is 24.3 Å². The Morgan fingerprint density at radius 3 is 2.50 bits per heavy atom. The molecule has 0 atom stereocenters. The number of aliphatic carboxylic acids is 2. The van der Waals surface area contributed by atoms with Crippen LogP contribution in [0, 0.1) is 0 Å². The van der Waals surface area contributed by atoms with Crippen LogP contribution in [0.15, 0.2) is 54.9 Å². The van der Waals surface area contributed by atoms with Crippen LogP contribution in [-0.4, -0.2) is 45.4 Å². The number of rotatable bonds is 7. The van der Waals surface area contributed by atoms with Crippen LogP contribution < -0.4 is 9.47 Å². The van der Waals surface area contributed by atoms with E-state index in [0.29, 0.717) is 6.61 Å². The van der Waals surface area contributed by atoms with Gasteiger partial charge in [-0.15, -0.1) is 0 Å². The van der Waals surface area contributed by atoms with Crippen LogP contribution in [-0.2, 0) is 16.1 Å². The molecule has 0 aliphatic rings. The van der Waals surface area contributed by atoms with Crippen molar-refractivity contribution in [3.05, 3.63) is 60.4 Å². The summed E-state index contributed by atoms with van der Waals surface area (Å²) in [5.74, 6) is -2.11. The number of benzene rings is 2. The van der Waals surface area contributed by atoms with E-state index >= 15 is 0 Å². The zero-order valence-electron chi connectivity index (χ0n) is 16.8. The van der Waals surface area contributed by atoms with Crippen LogP contribution in [0.4, 0.5) is 0 Å². The number of imidazole rings is 1. The summed E-state index contributed by atoms with van der Waals surface area (Å²) in [6.45, 7) is 3.50. The zero-order chi connectivity index (χ0) is 21.9. The molecule has 1 aromatic heterocycles. The van der Waals surface area contributed by atoms with Crippen molar-refractivity contribution in [3.8, 4) is 11.5 Å². The highest BCUT2D eigenvalue weighted by Crippen LogP contribution is 2.28. The lowest BCUT2D eigenvalue weighted by molar-refractivity contribution is -0.159. The first kappa shape index (κ1) is 22.5. The van der Waals surface area contributed by atoms with Crippen molar-refractivity contribution < 1.29 is 29.3 Å². The van der Waals surface area contributed by atoms with Gasteiger partial charge in [-0.25, -0.2) is 14.6 Å². The quantitative estimate of drug-likeness (QED) is 0.449. The fraction of sp³-hybridized carbons (Fsp3) is 0.227. The summed E-state index contributed by atoms with van der Waals surface area (Å²) in [5.41, 5.74) is 3.29. The molecule has 0 aliphatic heterocycles. The summed E-state index contributed by atoms with van der Waals surface area (Å²) < 4.78 is 13.5. The van der Waals surface area contributed by atoms with E-state index < -0.39 is 11.9 Å². The van der Waals surface area contributed by atoms with Gasteiger partial charge in [0.25, 0.3) is 0 Å². The minimum absolute atomic E-state index is 0.631. The summed E-state index contributed by atoms with van der Waals surface area (Å²) in [4.78, 5) is 22.6. The third-order valence-corrected chi connectivity index (χ3v) is 4.06. The molecule has 0 spiro atoms. The number of carbonyl (C=O) groups is 2. The van der Waals surface area contributed by atoms with Gasteiger partial charge in [-0.2, -0.15) is 0 Å². The van der Waals surface area contributed by atoms with Crippen LogP contribution in [0.25, 0.3) is 17.1 Å². The van der Waals surface area contributed by atoms with Gasteiger partial charge in [-0.1, -0.05) is 30.4 Å². The van der Waals surface area contributed by atoms with Crippen molar-refractivity contribution in [2.24, 2.45) is 0 Å². The molecule has 0 aliphatic carbocycles. The summed E-state index contributed by atoms with van der Waals surface area (Å²) in [6, 6.07) is 14.1. The molecule has 0 saturated heterocycles. The molecule has 2 N–H and O–H groups in total. The fourth-order valence-corrected chi connectivity index (χ4v) is 2.71. The molecule has 158 valence electrons. The Hall–Kier alpha value is -3.81. The zero-order valence-corrected chi connectivity index (χ0v) is 16.8. The Balaban J connectivity index is 0.000000469. The predicted molar refractivity (Wildman–Crippen MR) is 113 cm³/mol. The van der Waals surface area contributed by atoms with Crippen LogP contribution >= 0.6 is 0 Å². The Morgan fingerprint density at radius 1 is 1.10 bits per heavy atom. The minimum Gasteiger partial charge on any atom is -0.493 e. The monoisotopic (exact) mass is 412 g/mol. The second kappa shape index (κ2) is 11.3. The highest BCUT2D eigenvalue weighted by atomic mass is 16.5. The first-order chi connectivity index (χ1) is 14.5. The van der Waals surface area contributed by atoms with Gasteiger partial charge >= 0.3 is 11.9 Å². The number of fused-ring (bicyclic) bond motifs is 1. The fourth-order valence-electron chi connectivity index (χ4n) is 2.71. The lowest BCUT2D eigenvalue weighted by Gasteiger charge is -2.11. The molecule has 0 radical (unpaired) electrons. The highest BCUT2D eigenvalue weighted by Gasteiger charge is 2.06. The van der Waals surface area contributed by atoms with E-state index in [4.69, 9.17) is 29.3 Å². The number of allylic oxidation sites excluding steroid dienone is 1. The maximum absolute atomic E-state index is 9.10. The smallest absolute Gasteiger partial charge is 0.414 e. The molecular weight excluding hydrogens is 388 g/mol. The largest absolute Gasteiger partial charge is 0.493 e. The number of aryl methyl sites for hydroxylation is 1. The summed E-state index contributed by atoms with van der Waals surface area (Å²) in [7, 11) is 1.67. The second-order valence-electron chi connectivity index (χ2n) is 6.15. The normalized spacial score (nSPS) is 10.5. The second-order valence-corrected chi connectivity index (χ2v) is 6.15. The van der Waals surface area contributed by atoms with E-state index in [1.54, 1.807) is 7.11 Å². The molecule has 3 rings (SSSR count). The number of methoxy groups -OCH3 is 1. The van der Waals surface area contributed by atoms with Crippen molar-refractivity contribution >= 4 is 29.0 Å². The van der Waals surface area contributed by atoms with Gasteiger partial charge in [0.2, 0.25) is 0 Å². The summed E-state index contributed by atoms with van der Waals surface area (Å²) >= 11 is 0. The molecule has 3 aromatic rings. The molecule has 2 aromatic carbocycles. The average molecular weight is 412 g/mol. The van der Waals surface area contributed by atoms with Gasteiger partial charge in [0.1, 0.15) is 0 Å². The third kappa shape index (κ3) is 6.37. The molecule has 0 amide bonds. The molecule has 30 heavy (non-hydrogen) atoms. The lowest BCUT2D eigenvalue weighted by Crippen LogP contribution is -2.09. The molecule has 0 saturated carbocycles. The highest BCUT2D eigenvalue weighted by molar-refractivity contribution is 6.27. The van der Waals surface area contributed by atoms with E-state index in [2.05, 4.69) is 15.6 Å². The van der Waals surface area contributed by atoms with E-state index in [1.807, 2.05) is 61.8 Å². The number of nitrogens with zero attached hydrogens (tertiary/aromatic N) is 2. The molecular formula is C22H24N2O6. The van der Waals surface area contributed by atoms with Crippen molar-refractivity contribution in [1.82, 2.24) is 9.55 Å². The molecule has 1 heterocycles. The number of hydrogen-bond donors (Lipinski definition) is 2. The number of aromatic nitrogens is 2. The van der Waals surface area contributed by atoms with Crippen molar-refractivity contribution in [3.63, 3.8) is 0 Å². The average Bonchev–Trinajstić information content (AvgIpc) is 3.15. The Kier molecular flexibility index (Phi) is 8.43. The van der Waals surface area contributed by atoms with E-state index in [0.717, 1.165) is 41.1 Å². The van der Waals surface area contributed by atoms with Gasteiger partial charge in [0.15, 0.2) is 11.5 Å². The number of ether oxygens (including phenoxy) is 2. The third-order valence-electron chi connectivity index (χ3n) is 4.06. The van der Waals surface area contributed by atoms with E-state index in [9.17, 15) is 0 Å². The lowest BCUT2D eigenvalue weighted by atomic mass is 10.2. The standard InChI is InChI=1S/C20H22N2O2.C2H2O4/c1-3-7-16-10-11-19(20(14-16)23-2)24-13-6-12-22-15-21-17-8-4-5-9-18(17)22;3-1(4)2(5)6/h3-5,7-11,14-15H,6,12-13H2,1-2H3;(H,3,4)(H,5,6)/b7-3+;. The molecule has 0 bridgehead atoms. The number of hydrogen-bond acceptors (Lipinski definition) is 5. The molecule has 0 fully saturated rings. The van der Waals surface area contributed by atoms with E-state index in [-0.39, 0.29) is 0 Å². The molecule has 8 nitrogen and oxygen atoms in total. The summed E-state index contributed by atoms with van der Waals surface area (Å²) in [5, 5.41) is 14.8. The van der Waals surface area contributed by atoms with Crippen molar-refractivity contribution in [2.45, 2.75) is 19.9 Å². The van der Waals surface area contributed by atoms with E-state index in [1.165, 1.54) is 0 Å². The Labute approximate surface area is 174 Å². The van der Waals surface area contributed by atoms with Crippen molar-refractivity contribution in [1.29, 1.82) is 0 Å². The SMILES string of the molecule is C/C=C/c1ccc(OCCCn2cnc3ccccc32)c(OC)c1.O=C(O)C(=O)O. The number of para-hydroxylation sites is 2.